The Kier molecular flexibility index (Phi) is 5.76. The summed E-state index contributed by atoms with van der Waals surface area (Å²) in [6.07, 6.45) is 0.455. The van der Waals surface area contributed by atoms with E-state index in [4.69, 9.17) is 9.47 Å². The van der Waals surface area contributed by atoms with Gasteiger partial charge in [-0.05, 0) is 43.2 Å². The van der Waals surface area contributed by atoms with Crippen LogP contribution in [-0.4, -0.2) is 35.5 Å². The molecule has 1 unspecified atom stereocenters. The minimum atomic E-state index is -0.410. The summed E-state index contributed by atoms with van der Waals surface area (Å²) >= 11 is 1.00. The van der Waals surface area contributed by atoms with Crippen LogP contribution in [-0.2, 0) is 20.7 Å². The number of imide groups is 1. The highest BCUT2D eigenvalue weighted by molar-refractivity contribution is 8.15. The number of benzene rings is 2. The number of nitrogens with one attached hydrogen (secondary N) is 1. The van der Waals surface area contributed by atoms with Crippen LogP contribution < -0.4 is 15.0 Å². The zero-order chi connectivity index (χ0) is 21.1. The van der Waals surface area contributed by atoms with Gasteiger partial charge in [0.15, 0.2) is 13.3 Å². The first-order valence-electron chi connectivity index (χ1n) is 9.44. The van der Waals surface area contributed by atoms with Crippen molar-refractivity contribution >= 4 is 34.4 Å². The van der Waals surface area contributed by atoms with E-state index < -0.39 is 5.25 Å². The second-order valence-corrected chi connectivity index (χ2v) is 8.06. The molecule has 0 aliphatic carbocycles. The number of ketones is 1. The van der Waals surface area contributed by atoms with Crippen LogP contribution in [0.15, 0.2) is 66.1 Å². The topological polar surface area (TPSA) is 84.9 Å². The van der Waals surface area contributed by atoms with Gasteiger partial charge in [-0.15, -0.1) is 0 Å². The van der Waals surface area contributed by atoms with E-state index in [0.717, 1.165) is 23.0 Å². The van der Waals surface area contributed by atoms with Gasteiger partial charge in [0.2, 0.25) is 11.7 Å². The highest BCUT2D eigenvalue weighted by Crippen LogP contribution is 2.28. The fourth-order valence-electron chi connectivity index (χ4n) is 3.32. The standard InChI is InChI=1S/C22H20N2O5S/c1-14-20(24(13-29-14)16-5-3-2-4-6-16)18(25)12-28-17-9-7-15(8-10-17)11-19-21(26)23-22(27)30-19/h2-10,19H,11-13H2,1H3,(H,23,26,27). The third kappa shape index (κ3) is 4.33. The average molecular weight is 424 g/mol. The van der Waals surface area contributed by atoms with Gasteiger partial charge in [-0.25, -0.2) is 0 Å². The highest BCUT2D eigenvalue weighted by atomic mass is 32.2. The van der Waals surface area contributed by atoms with Crippen LogP contribution in [0.2, 0.25) is 0 Å². The molecule has 1 atom stereocenters. The summed E-state index contributed by atoms with van der Waals surface area (Å²) in [5, 5.41) is 1.56. The van der Waals surface area contributed by atoms with E-state index in [0.29, 0.717) is 30.4 Å². The Bertz CT molecular complexity index is 1000. The van der Waals surface area contributed by atoms with Crippen LogP contribution in [0.1, 0.15) is 12.5 Å². The molecular formula is C22H20N2O5S. The van der Waals surface area contributed by atoms with E-state index in [1.54, 1.807) is 19.1 Å². The molecule has 0 spiro atoms. The maximum atomic E-state index is 12.8. The molecule has 0 saturated carbocycles. The van der Waals surface area contributed by atoms with Gasteiger partial charge in [0.1, 0.15) is 17.2 Å². The molecule has 1 fully saturated rings. The van der Waals surface area contributed by atoms with E-state index in [-0.39, 0.29) is 23.5 Å². The van der Waals surface area contributed by atoms with Crippen molar-refractivity contribution in [2.75, 3.05) is 18.2 Å². The fourth-order valence-corrected chi connectivity index (χ4v) is 4.18. The van der Waals surface area contributed by atoms with Crippen molar-refractivity contribution < 1.29 is 23.9 Å². The van der Waals surface area contributed by atoms with Gasteiger partial charge in [0.25, 0.3) is 5.24 Å². The molecule has 2 aliphatic heterocycles. The van der Waals surface area contributed by atoms with Crippen molar-refractivity contribution in [3.05, 3.63) is 71.6 Å². The van der Waals surface area contributed by atoms with Crippen molar-refractivity contribution in [3.63, 3.8) is 0 Å². The molecule has 8 heteroatoms. The zero-order valence-electron chi connectivity index (χ0n) is 16.3. The van der Waals surface area contributed by atoms with Crippen molar-refractivity contribution in [1.82, 2.24) is 5.32 Å². The number of Topliss-reactive ketones (excluding diaryl/α,β-unsaturated/α-hetero) is 1. The quantitative estimate of drug-likeness (QED) is 0.730. The number of rotatable bonds is 7. The summed E-state index contributed by atoms with van der Waals surface area (Å²) < 4.78 is 11.2. The summed E-state index contributed by atoms with van der Waals surface area (Å²) in [5.74, 6) is 0.691. The SMILES string of the molecule is CC1=C(C(=O)COc2ccc(CC3SC(=O)NC3=O)cc2)N(c2ccccc2)CO1. The maximum Gasteiger partial charge on any atom is 0.286 e. The van der Waals surface area contributed by atoms with Gasteiger partial charge in [0, 0.05) is 5.69 Å². The molecule has 1 N–H and O–H groups in total. The van der Waals surface area contributed by atoms with Crippen LogP contribution in [0, 0.1) is 0 Å². The van der Waals surface area contributed by atoms with E-state index >= 15 is 0 Å². The lowest BCUT2D eigenvalue weighted by Gasteiger charge is -2.19. The number of carbonyl (C=O) groups is 3. The Morgan fingerprint density at radius 3 is 2.57 bits per heavy atom. The van der Waals surface area contributed by atoms with E-state index in [2.05, 4.69) is 5.32 Å². The number of para-hydroxylation sites is 1. The van der Waals surface area contributed by atoms with Crippen molar-refractivity contribution in [2.24, 2.45) is 0 Å². The largest absolute Gasteiger partial charge is 0.485 e. The molecule has 2 heterocycles. The van der Waals surface area contributed by atoms with Gasteiger partial charge in [-0.1, -0.05) is 42.1 Å². The fraction of sp³-hybridized carbons (Fsp3) is 0.227. The Balaban J connectivity index is 1.36. The van der Waals surface area contributed by atoms with Crippen LogP contribution in [0.3, 0.4) is 0 Å². The van der Waals surface area contributed by atoms with E-state index in [1.165, 1.54) is 0 Å². The van der Waals surface area contributed by atoms with Gasteiger partial charge >= 0.3 is 0 Å². The van der Waals surface area contributed by atoms with Crippen LogP contribution in [0.4, 0.5) is 10.5 Å². The van der Waals surface area contributed by atoms with Gasteiger partial charge < -0.3 is 14.4 Å². The number of anilines is 1. The first-order valence-corrected chi connectivity index (χ1v) is 10.3. The third-order valence-electron chi connectivity index (χ3n) is 4.83. The number of amides is 2. The molecule has 2 aromatic rings. The number of nitrogens with zero attached hydrogens (tertiary/aromatic N) is 1. The van der Waals surface area contributed by atoms with E-state index in [1.807, 2.05) is 47.4 Å². The summed E-state index contributed by atoms with van der Waals surface area (Å²) in [7, 11) is 0. The maximum absolute atomic E-state index is 12.8. The lowest BCUT2D eigenvalue weighted by atomic mass is 10.1. The molecule has 1 saturated heterocycles. The number of ether oxygens (including phenoxy) is 2. The monoisotopic (exact) mass is 424 g/mol. The molecule has 0 radical (unpaired) electrons. The van der Waals surface area contributed by atoms with Crippen molar-refractivity contribution in [3.8, 4) is 5.75 Å². The first kappa shape index (κ1) is 20.0. The predicted octanol–water partition coefficient (Wildman–Crippen LogP) is 3.25. The molecule has 0 bridgehead atoms. The molecule has 2 aromatic carbocycles. The summed E-state index contributed by atoms with van der Waals surface area (Å²) in [5.41, 5.74) is 2.29. The third-order valence-corrected chi connectivity index (χ3v) is 5.81. The van der Waals surface area contributed by atoms with Crippen LogP contribution >= 0.6 is 11.8 Å². The van der Waals surface area contributed by atoms with Gasteiger partial charge in [-0.2, -0.15) is 0 Å². The Morgan fingerprint density at radius 1 is 1.17 bits per heavy atom. The van der Waals surface area contributed by atoms with Crippen molar-refractivity contribution in [1.29, 1.82) is 0 Å². The molecule has 7 nitrogen and oxygen atoms in total. The Labute approximate surface area is 178 Å². The lowest BCUT2D eigenvalue weighted by molar-refractivity contribution is -0.119. The predicted molar refractivity (Wildman–Crippen MR) is 113 cm³/mol. The number of hydrogen-bond acceptors (Lipinski definition) is 7. The minimum absolute atomic E-state index is 0.117. The highest BCUT2D eigenvalue weighted by Gasteiger charge is 2.31. The second-order valence-electron chi connectivity index (χ2n) is 6.88. The number of hydrogen-bond donors (Lipinski definition) is 1. The zero-order valence-corrected chi connectivity index (χ0v) is 17.1. The molecular weight excluding hydrogens is 404 g/mol. The van der Waals surface area contributed by atoms with Crippen LogP contribution in [0.25, 0.3) is 0 Å². The van der Waals surface area contributed by atoms with Gasteiger partial charge in [0.05, 0.1) is 5.25 Å². The van der Waals surface area contributed by atoms with Gasteiger partial charge in [-0.3, -0.25) is 19.7 Å². The molecule has 2 aliphatic rings. The minimum Gasteiger partial charge on any atom is -0.485 e. The summed E-state index contributed by atoms with van der Waals surface area (Å²) in [4.78, 5) is 37.6. The Morgan fingerprint density at radius 2 is 1.90 bits per heavy atom. The first-order chi connectivity index (χ1) is 14.5. The van der Waals surface area contributed by atoms with Crippen molar-refractivity contribution in [2.45, 2.75) is 18.6 Å². The number of allylic oxidation sites excluding steroid dienone is 1. The molecule has 154 valence electrons. The lowest BCUT2D eigenvalue weighted by Crippen LogP contribution is -2.27. The molecule has 2 amide bonds. The summed E-state index contributed by atoms with van der Waals surface area (Å²) in [6, 6.07) is 16.7. The molecule has 30 heavy (non-hydrogen) atoms. The average Bonchev–Trinajstić information content (AvgIpc) is 3.29. The number of thioether (sulfide) groups is 1. The normalized spacial score (nSPS) is 18.4. The second kappa shape index (κ2) is 8.62. The summed E-state index contributed by atoms with van der Waals surface area (Å²) in [6.45, 7) is 1.95. The molecule has 4 rings (SSSR count). The number of carbonyl (C=O) groups excluding carboxylic acids is 3. The Hall–Kier alpha value is -3.26. The smallest absolute Gasteiger partial charge is 0.286 e. The van der Waals surface area contributed by atoms with E-state index in [9.17, 15) is 14.4 Å². The van der Waals surface area contributed by atoms with Crippen LogP contribution in [0.5, 0.6) is 5.75 Å². The molecule has 0 aromatic heterocycles.